The van der Waals surface area contributed by atoms with Crippen molar-refractivity contribution in [1.29, 1.82) is 0 Å². The van der Waals surface area contributed by atoms with Crippen molar-refractivity contribution in [3.63, 3.8) is 0 Å². The summed E-state index contributed by atoms with van der Waals surface area (Å²) in [5.41, 5.74) is 2.50. The Morgan fingerprint density at radius 1 is 1.25 bits per heavy atom. The molecule has 1 aliphatic rings. The highest BCUT2D eigenvalue weighted by Crippen LogP contribution is 2.30. The molecule has 2 aromatic carbocycles. The molecule has 1 aliphatic heterocycles. The Hall–Kier alpha value is -2.60. The average molecular weight is 404 g/mol. The smallest absolute Gasteiger partial charge is 0.251 e. The lowest BCUT2D eigenvalue weighted by atomic mass is 9.95. The molecule has 28 heavy (non-hydrogen) atoms. The summed E-state index contributed by atoms with van der Waals surface area (Å²) in [5.74, 6) is -0.991. The number of amides is 2. The first-order chi connectivity index (χ1) is 13.3. The monoisotopic (exact) mass is 403 g/mol. The summed E-state index contributed by atoms with van der Waals surface area (Å²) in [6.07, 6.45) is 1.61. The van der Waals surface area contributed by atoms with Gasteiger partial charge in [0, 0.05) is 28.9 Å². The lowest BCUT2D eigenvalue weighted by molar-refractivity contribution is -0.115. The third-order valence-corrected chi connectivity index (χ3v) is 4.78. The maximum Gasteiger partial charge on any atom is 0.251 e. The van der Waals surface area contributed by atoms with Crippen molar-refractivity contribution >= 4 is 34.8 Å². The van der Waals surface area contributed by atoms with Gasteiger partial charge in [0.15, 0.2) is 0 Å². The van der Waals surface area contributed by atoms with Gasteiger partial charge in [0.1, 0.15) is 5.82 Å². The van der Waals surface area contributed by atoms with E-state index in [1.54, 1.807) is 0 Å². The molecule has 1 heterocycles. The first-order valence-electron chi connectivity index (χ1n) is 9.27. The van der Waals surface area contributed by atoms with Crippen LogP contribution in [0.2, 0.25) is 5.02 Å². The Morgan fingerprint density at radius 3 is 2.79 bits per heavy atom. The molecule has 2 aromatic rings. The minimum absolute atomic E-state index is 0.0430. The number of halogens is 2. The molecule has 148 valence electrons. The summed E-state index contributed by atoms with van der Waals surface area (Å²) in [6, 6.07) is 9.61. The number of hydrogen-bond acceptors (Lipinski definition) is 3. The van der Waals surface area contributed by atoms with Gasteiger partial charge in [0.2, 0.25) is 5.91 Å². The molecule has 5 nitrogen and oxygen atoms in total. The highest BCUT2D eigenvalue weighted by Gasteiger charge is 2.24. The van der Waals surface area contributed by atoms with E-state index in [0.717, 1.165) is 24.1 Å². The van der Waals surface area contributed by atoms with Crippen molar-refractivity contribution in [2.24, 2.45) is 0 Å². The molecule has 2 amide bonds. The molecular formula is C21H23ClFN3O2. The fourth-order valence-corrected chi connectivity index (χ4v) is 3.55. The van der Waals surface area contributed by atoms with E-state index in [1.165, 1.54) is 18.2 Å². The highest BCUT2D eigenvalue weighted by atomic mass is 35.5. The maximum atomic E-state index is 13.9. The Bertz CT molecular complexity index is 901. The molecular weight excluding hydrogens is 381 g/mol. The van der Waals surface area contributed by atoms with Crippen molar-refractivity contribution in [1.82, 2.24) is 5.32 Å². The van der Waals surface area contributed by atoms with Crippen LogP contribution in [0, 0.1) is 5.82 Å². The van der Waals surface area contributed by atoms with E-state index < -0.39 is 5.82 Å². The van der Waals surface area contributed by atoms with Gasteiger partial charge in [-0.15, -0.1) is 0 Å². The van der Waals surface area contributed by atoms with Crippen LogP contribution in [0.15, 0.2) is 36.4 Å². The summed E-state index contributed by atoms with van der Waals surface area (Å²) in [7, 11) is 0. The minimum atomic E-state index is -0.538. The fraction of sp³-hybridized carbons (Fsp3) is 0.333. The zero-order chi connectivity index (χ0) is 20.3. The van der Waals surface area contributed by atoms with Gasteiger partial charge >= 0.3 is 0 Å². The van der Waals surface area contributed by atoms with Crippen molar-refractivity contribution in [3.05, 3.63) is 58.4 Å². The maximum absolute atomic E-state index is 13.9. The Kier molecular flexibility index (Phi) is 6.19. The van der Waals surface area contributed by atoms with Gasteiger partial charge in [-0.3, -0.25) is 9.59 Å². The lowest BCUT2D eigenvalue weighted by Crippen LogP contribution is -2.38. The normalized spacial score (nSPS) is 13.2. The number of carbonyl (C=O) groups excluding carboxylic acids is 2. The van der Waals surface area contributed by atoms with Crippen molar-refractivity contribution in [2.45, 2.75) is 32.7 Å². The largest absolute Gasteiger partial charge is 0.362 e. The first-order valence-corrected chi connectivity index (χ1v) is 9.65. The molecule has 0 unspecified atom stereocenters. The molecule has 7 heteroatoms. The van der Waals surface area contributed by atoms with E-state index in [9.17, 15) is 14.0 Å². The number of nitrogens with one attached hydrogen (secondary N) is 2. The third-order valence-electron chi connectivity index (χ3n) is 4.55. The topological polar surface area (TPSA) is 61.4 Å². The molecule has 0 saturated heterocycles. The van der Waals surface area contributed by atoms with Crippen LogP contribution in [0.3, 0.4) is 0 Å². The van der Waals surface area contributed by atoms with Gasteiger partial charge in [0.05, 0.1) is 12.2 Å². The molecule has 0 aromatic heterocycles. The van der Waals surface area contributed by atoms with Crippen molar-refractivity contribution in [2.75, 3.05) is 23.3 Å². The predicted molar refractivity (Wildman–Crippen MR) is 110 cm³/mol. The average Bonchev–Trinajstić information content (AvgIpc) is 2.64. The molecule has 0 fully saturated rings. The van der Waals surface area contributed by atoms with Gasteiger partial charge in [-0.2, -0.15) is 0 Å². The lowest BCUT2D eigenvalue weighted by Gasteiger charge is -2.32. The van der Waals surface area contributed by atoms with E-state index in [4.69, 9.17) is 11.6 Å². The molecule has 0 atom stereocenters. The summed E-state index contributed by atoms with van der Waals surface area (Å²) in [6.45, 7) is 4.58. The quantitative estimate of drug-likeness (QED) is 0.793. The van der Waals surface area contributed by atoms with E-state index >= 15 is 0 Å². The van der Waals surface area contributed by atoms with Gasteiger partial charge in [-0.1, -0.05) is 17.7 Å². The molecule has 0 radical (unpaired) electrons. The van der Waals surface area contributed by atoms with Gasteiger partial charge in [-0.25, -0.2) is 4.39 Å². The number of rotatable bonds is 5. The second kappa shape index (κ2) is 8.61. The molecule has 0 saturated carbocycles. The number of anilines is 2. The van der Waals surface area contributed by atoms with Crippen LogP contribution < -0.4 is 15.5 Å². The van der Waals surface area contributed by atoms with Crippen LogP contribution in [0.1, 0.15) is 36.2 Å². The summed E-state index contributed by atoms with van der Waals surface area (Å²) < 4.78 is 13.9. The minimum Gasteiger partial charge on any atom is -0.362 e. The van der Waals surface area contributed by atoms with E-state index in [-0.39, 0.29) is 30.1 Å². The van der Waals surface area contributed by atoms with Crippen molar-refractivity contribution in [3.8, 4) is 0 Å². The third kappa shape index (κ3) is 4.62. The van der Waals surface area contributed by atoms with Crippen LogP contribution in [0.5, 0.6) is 0 Å². The predicted octanol–water partition coefficient (Wildman–Crippen LogP) is 4.01. The molecule has 0 spiro atoms. The van der Waals surface area contributed by atoms with Crippen LogP contribution in [0.4, 0.5) is 15.8 Å². The number of hydrogen-bond donors (Lipinski definition) is 2. The zero-order valence-electron chi connectivity index (χ0n) is 15.9. The molecule has 3 rings (SSSR count). The number of benzene rings is 2. The summed E-state index contributed by atoms with van der Waals surface area (Å²) in [4.78, 5) is 26.9. The Balaban J connectivity index is 1.78. The zero-order valence-corrected chi connectivity index (χ0v) is 16.6. The first kappa shape index (κ1) is 20.1. The SMILES string of the molecule is CC(C)NC(=O)c1cccc2c1CCCN2CC(=O)Nc1cc(Cl)ccc1F. The van der Waals surface area contributed by atoms with E-state index in [1.807, 2.05) is 36.9 Å². The van der Waals surface area contributed by atoms with Crippen molar-refractivity contribution < 1.29 is 14.0 Å². The van der Waals surface area contributed by atoms with E-state index in [2.05, 4.69) is 10.6 Å². The van der Waals surface area contributed by atoms with E-state index in [0.29, 0.717) is 17.1 Å². The number of carbonyl (C=O) groups is 2. The van der Waals surface area contributed by atoms with Crippen LogP contribution in [0.25, 0.3) is 0 Å². The standard InChI is InChI=1S/C21H23ClFN3O2/c1-13(2)24-21(28)16-5-3-7-19-15(16)6-4-10-26(19)12-20(27)25-18-11-14(22)8-9-17(18)23/h3,5,7-9,11,13H,4,6,10,12H2,1-2H3,(H,24,28)(H,25,27). The summed E-state index contributed by atoms with van der Waals surface area (Å²) in [5, 5.41) is 5.84. The van der Waals surface area contributed by atoms with Gasteiger partial charge in [0.25, 0.3) is 5.91 Å². The van der Waals surface area contributed by atoms with Crippen LogP contribution in [-0.4, -0.2) is 30.9 Å². The Labute approximate surface area is 168 Å². The van der Waals surface area contributed by atoms with Gasteiger partial charge < -0.3 is 15.5 Å². The second-order valence-electron chi connectivity index (χ2n) is 7.13. The molecule has 0 aliphatic carbocycles. The van der Waals surface area contributed by atoms with Crippen LogP contribution in [-0.2, 0) is 11.2 Å². The molecule has 2 N–H and O–H groups in total. The molecule has 0 bridgehead atoms. The van der Waals surface area contributed by atoms with Crippen LogP contribution >= 0.6 is 11.6 Å². The number of fused-ring (bicyclic) bond motifs is 1. The summed E-state index contributed by atoms with van der Waals surface area (Å²) >= 11 is 5.88. The van der Waals surface area contributed by atoms with Gasteiger partial charge in [-0.05, 0) is 62.6 Å². The fourth-order valence-electron chi connectivity index (χ4n) is 3.37. The number of nitrogens with zero attached hydrogens (tertiary/aromatic N) is 1. The Morgan fingerprint density at radius 2 is 2.04 bits per heavy atom. The second-order valence-corrected chi connectivity index (χ2v) is 7.57. The highest BCUT2D eigenvalue weighted by molar-refractivity contribution is 6.30.